The van der Waals surface area contributed by atoms with Crippen molar-refractivity contribution in [3.05, 3.63) is 12.7 Å². The van der Waals surface area contributed by atoms with Crippen molar-refractivity contribution in [2.45, 2.75) is 136 Å². The summed E-state index contributed by atoms with van der Waals surface area (Å²) in [6.07, 6.45) is 27.7. The Kier molecular flexibility index (Phi) is 17.4. The Balaban J connectivity index is 3.74. The Hall–Kier alpha value is -0.260. The molecule has 0 radical (unpaired) electrons. The molecule has 0 aromatic heterocycles. The highest BCUT2D eigenvalue weighted by atomic mass is 14.3. The van der Waals surface area contributed by atoms with E-state index in [0.29, 0.717) is 5.41 Å². The second-order valence-corrected chi connectivity index (χ2v) is 8.02. The summed E-state index contributed by atoms with van der Waals surface area (Å²) >= 11 is 0. The highest BCUT2D eigenvalue weighted by Gasteiger charge is 2.22. The van der Waals surface area contributed by atoms with Gasteiger partial charge in [0.1, 0.15) is 0 Å². The molecule has 0 aromatic carbocycles. The van der Waals surface area contributed by atoms with Gasteiger partial charge in [-0.2, -0.15) is 0 Å². The van der Waals surface area contributed by atoms with Crippen LogP contribution in [0.1, 0.15) is 136 Å². The third-order valence-electron chi connectivity index (χ3n) is 5.94. The first-order valence-electron chi connectivity index (χ1n) is 11.4. The fourth-order valence-corrected chi connectivity index (χ4v) is 3.87. The van der Waals surface area contributed by atoms with Crippen molar-refractivity contribution in [1.29, 1.82) is 0 Å². The van der Waals surface area contributed by atoms with Gasteiger partial charge in [0.25, 0.3) is 0 Å². The number of rotatable bonds is 19. The zero-order valence-electron chi connectivity index (χ0n) is 17.5. The normalized spacial score (nSPS) is 13.8. The van der Waals surface area contributed by atoms with E-state index < -0.39 is 0 Å². The van der Waals surface area contributed by atoms with E-state index >= 15 is 0 Å². The molecule has 0 saturated carbocycles. The molecular weight excluding hydrogens is 288 g/mol. The van der Waals surface area contributed by atoms with E-state index in [2.05, 4.69) is 33.4 Å². The maximum absolute atomic E-state index is 4.19. The van der Waals surface area contributed by atoms with Crippen LogP contribution < -0.4 is 0 Å². The first-order valence-corrected chi connectivity index (χ1v) is 11.4. The summed E-state index contributed by atoms with van der Waals surface area (Å²) in [5.41, 5.74) is 0.436. The van der Waals surface area contributed by atoms with Gasteiger partial charge in [-0.3, -0.25) is 0 Å². The summed E-state index contributed by atoms with van der Waals surface area (Å²) in [6.45, 7) is 11.2. The summed E-state index contributed by atoms with van der Waals surface area (Å²) in [5.74, 6) is 0. The minimum absolute atomic E-state index is 0.436. The molecule has 0 aliphatic heterocycles. The average Bonchev–Trinajstić information content (AvgIpc) is 2.61. The molecule has 0 aliphatic rings. The Morgan fingerprint density at radius 2 is 0.875 bits per heavy atom. The molecule has 0 aromatic rings. The van der Waals surface area contributed by atoms with E-state index in [9.17, 15) is 0 Å². The number of unbranched alkanes of at least 4 members (excludes halogenated alkanes) is 13. The van der Waals surface area contributed by atoms with Gasteiger partial charge in [-0.25, -0.2) is 0 Å². The molecule has 0 N–H and O–H groups in total. The lowest BCUT2D eigenvalue weighted by Crippen LogP contribution is -2.16. The smallest absolute Gasteiger partial charge is 0.0124 e. The van der Waals surface area contributed by atoms with Gasteiger partial charge in [-0.1, -0.05) is 123 Å². The second-order valence-electron chi connectivity index (χ2n) is 8.02. The van der Waals surface area contributed by atoms with Gasteiger partial charge in [-0.15, -0.1) is 6.58 Å². The maximum atomic E-state index is 4.19. The summed E-state index contributed by atoms with van der Waals surface area (Å²) in [5, 5.41) is 0. The van der Waals surface area contributed by atoms with Crippen molar-refractivity contribution in [2.75, 3.05) is 0 Å². The molecule has 0 rings (SSSR count). The predicted octanol–water partition coefficient (Wildman–Crippen LogP) is 9.24. The fourth-order valence-electron chi connectivity index (χ4n) is 3.87. The zero-order chi connectivity index (χ0) is 17.9. The van der Waals surface area contributed by atoms with E-state index in [1.54, 1.807) is 0 Å². The van der Waals surface area contributed by atoms with Crippen LogP contribution in [0.5, 0.6) is 0 Å². The third kappa shape index (κ3) is 13.1. The van der Waals surface area contributed by atoms with Crippen molar-refractivity contribution >= 4 is 0 Å². The summed E-state index contributed by atoms with van der Waals surface area (Å²) in [7, 11) is 0. The van der Waals surface area contributed by atoms with E-state index in [-0.39, 0.29) is 0 Å². The molecule has 1 unspecified atom stereocenters. The van der Waals surface area contributed by atoms with Crippen LogP contribution in [0.25, 0.3) is 0 Å². The van der Waals surface area contributed by atoms with E-state index in [1.165, 1.54) is 116 Å². The monoisotopic (exact) mass is 336 g/mol. The Morgan fingerprint density at radius 1 is 0.542 bits per heavy atom. The Bertz CT molecular complexity index is 255. The van der Waals surface area contributed by atoms with Gasteiger partial charge >= 0.3 is 0 Å². The van der Waals surface area contributed by atoms with Crippen molar-refractivity contribution in [3.8, 4) is 0 Å². The molecule has 0 heterocycles. The lowest BCUT2D eigenvalue weighted by Gasteiger charge is -2.29. The van der Waals surface area contributed by atoms with Crippen molar-refractivity contribution < 1.29 is 0 Å². The SMILES string of the molecule is C=CC(CC)(CCCCCCCCC)CCCCCCCCCC. The first-order chi connectivity index (χ1) is 11.7. The van der Waals surface area contributed by atoms with Gasteiger partial charge in [0.2, 0.25) is 0 Å². The van der Waals surface area contributed by atoms with Crippen molar-refractivity contribution in [2.24, 2.45) is 5.41 Å². The minimum Gasteiger partial charge on any atom is -0.103 e. The van der Waals surface area contributed by atoms with Gasteiger partial charge in [0.15, 0.2) is 0 Å². The lowest BCUT2D eigenvalue weighted by molar-refractivity contribution is 0.285. The summed E-state index contributed by atoms with van der Waals surface area (Å²) < 4.78 is 0. The van der Waals surface area contributed by atoms with E-state index in [0.717, 1.165) is 0 Å². The Morgan fingerprint density at radius 3 is 1.17 bits per heavy atom. The third-order valence-corrected chi connectivity index (χ3v) is 5.94. The van der Waals surface area contributed by atoms with Crippen molar-refractivity contribution in [1.82, 2.24) is 0 Å². The van der Waals surface area contributed by atoms with Crippen LogP contribution in [0.15, 0.2) is 12.7 Å². The standard InChI is InChI=1S/C24H48/c1-5-9-11-13-15-17-19-21-23-24(7-3,8-4)22-20-18-16-14-12-10-6-2/h7H,3,5-6,8-23H2,1-2,4H3. The van der Waals surface area contributed by atoms with Crippen molar-refractivity contribution in [3.63, 3.8) is 0 Å². The molecule has 24 heavy (non-hydrogen) atoms. The van der Waals surface area contributed by atoms with Crippen LogP contribution in [0, 0.1) is 5.41 Å². The highest BCUT2D eigenvalue weighted by Crippen LogP contribution is 2.36. The molecule has 0 aliphatic carbocycles. The van der Waals surface area contributed by atoms with Crippen LogP contribution in [-0.2, 0) is 0 Å². The molecule has 0 heteroatoms. The van der Waals surface area contributed by atoms with Crippen LogP contribution in [0.4, 0.5) is 0 Å². The highest BCUT2D eigenvalue weighted by molar-refractivity contribution is 4.93. The number of hydrogen-bond acceptors (Lipinski definition) is 0. The summed E-state index contributed by atoms with van der Waals surface area (Å²) in [6, 6.07) is 0. The maximum Gasteiger partial charge on any atom is -0.0124 e. The van der Waals surface area contributed by atoms with E-state index in [4.69, 9.17) is 0 Å². The van der Waals surface area contributed by atoms with Gasteiger partial charge in [-0.05, 0) is 24.7 Å². The molecule has 0 nitrogen and oxygen atoms in total. The largest absolute Gasteiger partial charge is 0.103 e. The van der Waals surface area contributed by atoms with Crippen LogP contribution in [0.2, 0.25) is 0 Å². The summed E-state index contributed by atoms with van der Waals surface area (Å²) in [4.78, 5) is 0. The molecule has 0 spiro atoms. The van der Waals surface area contributed by atoms with E-state index in [1.807, 2.05) is 0 Å². The Labute approximate surface area is 154 Å². The lowest BCUT2D eigenvalue weighted by atomic mass is 9.76. The molecular formula is C24H48. The zero-order valence-corrected chi connectivity index (χ0v) is 17.5. The molecule has 0 saturated heterocycles. The number of allylic oxidation sites excluding steroid dienone is 1. The number of hydrogen-bond donors (Lipinski definition) is 0. The minimum atomic E-state index is 0.436. The van der Waals surface area contributed by atoms with Gasteiger partial charge in [0.05, 0.1) is 0 Å². The molecule has 0 bridgehead atoms. The first kappa shape index (κ1) is 23.7. The molecule has 144 valence electrons. The molecule has 1 atom stereocenters. The second kappa shape index (κ2) is 17.6. The van der Waals surface area contributed by atoms with Gasteiger partial charge in [0, 0.05) is 0 Å². The predicted molar refractivity (Wildman–Crippen MR) is 113 cm³/mol. The molecule has 0 fully saturated rings. The quantitative estimate of drug-likeness (QED) is 0.163. The van der Waals surface area contributed by atoms with Crippen LogP contribution in [0.3, 0.4) is 0 Å². The average molecular weight is 337 g/mol. The van der Waals surface area contributed by atoms with Crippen LogP contribution in [-0.4, -0.2) is 0 Å². The van der Waals surface area contributed by atoms with Crippen LogP contribution >= 0.6 is 0 Å². The molecule has 0 amide bonds. The van der Waals surface area contributed by atoms with Gasteiger partial charge < -0.3 is 0 Å². The fraction of sp³-hybridized carbons (Fsp3) is 0.917. The topological polar surface area (TPSA) is 0 Å².